The smallest absolute Gasteiger partial charge is 0.236 e. The van der Waals surface area contributed by atoms with Crippen molar-refractivity contribution in [1.29, 1.82) is 0 Å². The minimum atomic E-state index is -3.43. The van der Waals surface area contributed by atoms with Crippen LogP contribution in [0, 0.1) is 11.8 Å². The van der Waals surface area contributed by atoms with E-state index < -0.39 is 10.0 Å². The molecule has 1 heterocycles. The van der Waals surface area contributed by atoms with E-state index in [1.165, 1.54) is 13.3 Å². The summed E-state index contributed by atoms with van der Waals surface area (Å²) < 4.78 is 30.0. The fourth-order valence-electron chi connectivity index (χ4n) is 0.883. The van der Waals surface area contributed by atoms with E-state index in [9.17, 15) is 8.42 Å². The van der Waals surface area contributed by atoms with Crippen LogP contribution >= 0.6 is 11.3 Å². The van der Waals surface area contributed by atoms with Crippen molar-refractivity contribution in [3.8, 4) is 11.8 Å². The van der Waals surface area contributed by atoms with Crippen molar-refractivity contribution in [3.05, 3.63) is 11.1 Å². The van der Waals surface area contributed by atoms with E-state index in [1.807, 2.05) is 0 Å². The summed E-state index contributed by atoms with van der Waals surface area (Å²) in [5.74, 6) is 4.97. The number of rotatable bonds is 5. The van der Waals surface area contributed by atoms with Crippen molar-refractivity contribution >= 4 is 26.5 Å². The molecule has 1 aromatic rings. The first kappa shape index (κ1) is 13.9. The topological polar surface area (TPSA) is 88.5 Å². The summed E-state index contributed by atoms with van der Waals surface area (Å²) in [4.78, 5) is 4.45. The zero-order chi connectivity index (χ0) is 12.7. The number of nitrogens with one attached hydrogen (secondary N) is 1. The normalized spacial score (nSPS) is 10.7. The average Bonchev–Trinajstić information content (AvgIpc) is 2.70. The van der Waals surface area contributed by atoms with Gasteiger partial charge in [0.25, 0.3) is 0 Å². The Morgan fingerprint density at radius 2 is 2.41 bits per heavy atom. The third-order valence-corrected chi connectivity index (χ3v) is 3.76. The Morgan fingerprint density at radius 1 is 1.65 bits per heavy atom. The second-order valence-corrected chi connectivity index (χ2v) is 5.78. The van der Waals surface area contributed by atoms with Gasteiger partial charge in [-0.1, -0.05) is 23.2 Å². The van der Waals surface area contributed by atoms with Crippen LogP contribution in [0.3, 0.4) is 0 Å². The molecule has 0 aromatic carbocycles. The highest BCUT2D eigenvalue weighted by Crippen LogP contribution is 2.18. The number of aromatic nitrogens is 1. The summed E-state index contributed by atoms with van der Waals surface area (Å²) in [7, 11) is -2.00. The van der Waals surface area contributed by atoms with E-state index in [0.29, 0.717) is 4.88 Å². The first-order chi connectivity index (χ1) is 8.07. The maximum Gasteiger partial charge on any atom is 0.236 e. The van der Waals surface area contributed by atoms with E-state index >= 15 is 0 Å². The van der Waals surface area contributed by atoms with Crippen LogP contribution in [0.1, 0.15) is 4.88 Å². The molecule has 6 nitrogen and oxygen atoms in total. The summed E-state index contributed by atoms with van der Waals surface area (Å²) in [6.45, 7) is -0.120. The number of ether oxygens (including phenoxy) is 1. The van der Waals surface area contributed by atoms with Gasteiger partial charge < -0.3 is 9.84 Å². The molecule has 0 radical (unpaired) electrons. The average molecular weight is 276 g/mol. The molecule has 0 saturated heterocycles. The fraction of sp³-hybridized carbons (Fsp3) is 0.444. The standard InChI is InChI=1S/C9H12N2O4S2/c1-15-5-6-17(13,14)11-9-10-7-8(16-9)3-2-4-12/h7,12H,4-6H2,1H3,(H,10,11). The number of aliphatic hydroxyl groups is 1. The van der Waals surface area contributed by atoms with Crippen molar-refractivity contribution in [2.75, 3.05) is 30.8 Å². The van der Waals surface area contributed by atoms with Gasteiger partial charge in [-0.05, 0) is 0 Å². The lowest BCUT2D eigenvalue weighted by molar-refractivity contribution is 0.217. The fourth-order valence-corrected chi connectivity index (χ4v) is 2.78. The van der Waals surface area contributed by atoms with Crippen LogP contribution in [0.2, 0.25) is 0 Å². The van der Waals surface area contributed by atoms with Gasteiger partial charge >= 0.3 is 0 Å². The molecule has 0 atom stereocenters. The number of nitrogens with zero attached hydrogens (tertiary/aromatic N) is 1. The molecule has 0 bridgehead atoms. The third-order valence-electron chi connectivity index (χ3n) is 1.60. The molecule has 0 aliphatic rings. The van der Waals surface area contributed by atoms with Gasteiger partial charge in [0, 0.05) is 7.11 Å². The van der Waals surface area contributed by atoms with Crippen LogP contribution in [0.4, 0.5) is 5.13 Å². The van der Waals surface area contributed by atoms with Gasteiger partial charge in [0.1, 0.15) is 6.61 Å². The molecule has 2 N–H and O–H groups in total. The quantitative estimate of drug-likeness (QED) is 0.732. The highest BCUT2D eigenvalue weighted by atomic mass is 32.2. The second kappa shape index (κ2) is 6.56. The number of anilines is 1. The largest absolute Gasteiger partial charge is 0.384 e. The summed E-state index contributed by atoms with van der Waals surface area (Å²) in [5, 5.41) is 8.76. The number of hydrogen-bond donors (Lipinski definition) is 2. The monoisotopic (exact) mass is 276 g/mol. The Labute approximate surface area is 104 Å². The van der Waals surface area contributed by atoms with Gasteiger partial charge in [0.15, 0.2) is 5.13 Å². The molecular weight excluding hydrogens is 264 g/mol. The Hall–Kier alpha value is -1.14. The maximum atomic E-state index is 11.5. The van der Waals surface area contributed by atoms with Gasteiger partial charge in [0.05, 0.1) is 23.4 Å². The molecule has 0 aliphatic heterocycles. The number of aliphatic hydroxyl groups excluding tert-OH is 1. The third kappa shape index (κ3) is 5.14. The molecule has 0 fully saturated rings. The lowest BCUT2D eigenvalue weighted by Gasteiger charge is -2.03. The molecule has 1 aromatic heterocycles. The molecular formula is C9H12N2O4S2. The Balaban J connectivity index is 2.66. The Morgan fingerprint density at radius 3 is 3.06 bits per heavy atom. The molecule has 0 unspecified atom stereocenters. The van der Waals surface area contributed by atoms with Gasteiger partial charge in [0.2, 0.25) is 10.0 Å². The van der Waals surface area contributed by atoms with Crippen LogP contribution in [0.25, 0.3) is 0 Å². The minimum Gasteiger partial charge on any atom is -0.384 e. The number of methoxy groups -OCH3 is 1. The van der Waals surface area contributed by atoms with Gasteiger partial charge in [-0.3, -0.25) is 4.72 Å². The summed E-state index contributed by atoms with van der Waals surface area (Å²) in [6.07, 6.45) is 1.45. The molecule has 0 amide bonds. The first-order valence-electron chi connectivity index (χ1n) is 4.62. The van der Waals surface area contributed by atoms with E-state index in [2.05, 4.69) is 26.3 Å². The molecule has 94 valence electrons. The zero-order valence-corrected chi connectivity index (χ0v) is 10.8. The lowest BCUT2D eigenvalue weighted by Crippen LogP contribution is -2.19. The van der Waals surface area contributed by atoms with E-state index in [1.54, 1.807) is 0 Å². The summed E-state index contributed by atoms with van der Waals surface area (Å²) in [6, 6.07) is 0. The number of thiazole rings is 1. The van der Waals surface area contributed by atoms with Crippen LogP contribution in [-0.2, 0) is 14.8 Å². The van der Waals surface area contributed by atoms with Gasteiger partial charge in [-0.2, -0.15) is 0 Å². The van der Waals surface area contributed by atoms with Crippen LogP contribution in [0.15, 0.2) is 6.20 Å². The van der Waals surface area contributed by atoms with Crippen LogP contribution < -0.4 is 4.72 Å². The van der Waals surface area contributed by atoms with Crippen molar-refractivity contribution in [1.82, 2.24) is 4.98 Å². The van der Waals surface area contributed by atoms with Gasteiger partial charge in [-0.15, -0.1) is 0 Å². The summed E-state index contributed by atoms with van der Waals surface area (Å²) in [5.41, 5.74) is 0. The number of hydrogen-bond acceptors (Lipinski definition) is 6. The van der Waals surface area contributed by atoms with Crippen molar-refractivity contribution < 1.29 is 18.3 Å². The SMILES string of the molecule is COCCS(=O)(=O)Nc1ncc(C#CCO)s1. The van der Waals surface area contributed by atoms with E-state index in [0.717, 1.165) is 11.3 Å². The van der Waals surface area contributed by atoms with E-state index in [4.69, 9.17) is 5.11 Å². The molecule has 8 heteroatoms. The predicted molar refractivity (Wildman–Crippen MR) is 65.4 cm³/mol. The molecule has 0 saturated carbocycles. The first-order valence-corrected chi connectivity index (χ1v) is 7.09. The molecule has 0 aliphatic carbocycles. The second-order valence-electron chi connectivity index (χ2n) is 2.90. The molecule has 1 rings (SSSR count). The minimum absolute atomic E-state index is 0.123. The van der Waals surface area contributed by atoms with Crippen molar-refractivity contribution in [2.24, 2.45) is 0 Å². The van der Waals surface area contributed by atoms with E-state index in [-0.39, 0.29) is 24.1 Å². The van der Waals surface area contributed by atoms with Crippen LogP contribution in [-0.4, -0.2) is 44.6 Å². The predicted octanol–water partition coefficient (Wildman–Crippen LogP) is -0.125. The number of sulfonamides is 1. The highest BCUT2D eigenvalue weighted by Gasteiger charge is 2.12. The highest BCUT2D eigenvalue weighted by molar-refractivity contribution is 7.92. The zero-order valence-electron chi connectivity index (χ0n) is 9.13. The van der Waals surface area contributed by atoms with Crippen molar-refractivity contribution in [3.63, 3.8) is 0 Å². The van der Waals surface area contributed by atoms with Gasteiger partial charge in [-0.25, -0.2) is 13.4 Å². The lowest BCUT2D eigenvalue weighted by atomic mass is 10.5. The molecule has 0 spiro atoms. The Bertz CT molecular complexity index is 513. The van der Waals surface area contributed by atoms with Crippen LogP contribution in [0.5, 0.6) is 0 Å². The Kier molecular flexibility index (Phi) is 5.37. The molecule has 17 heavy (non-hydrogen) atoms. The summed E-state index contributed by atoms with van der Waals surface area (Å²) >= 11 is 1.11. The maximum absolute atomic E-state index is 11.5. The van der Waals surface area contributed by atoms with Crippen molar-refractivity contribution in [2.45, 2.75) is 0 Å².